The van der Waals surface area contributed by atoms with Crippen molar-refractivity contribution >= 4 is 0 Å². The fourth-order valence-corrected chi connectivity index (χ4v) is 2.16. The van der Waals surface area contributed by atoms with Crippen LogP contribution in [0.3, 0.4) is 0 Å². The molecule has 0 aromatic carbocycles. The van der Waals surface area contributed by atoms with Gasteiger partial charge in [0.1, 0.15) is 0 Å². The monoisotopic (exact) mass is 229 g/mol. The molecule has 0 spiro atoms. The molecule has 3 nitrogen and oxygen atoms in total. The number of rotatable bonds is 8. The van der Waals surface area contributed by atoms with Crippen molar-refractivity contribution in [2.75, 3.05) is 40.0 Å². The Kier molecular flexibility index (Phi) is 6.32. The van der Waals surface area contributed by atoms with E-state index in [1.165, 1.54) is 6.42 Å². The Morgan fingerprint density at radius 2 is 2.19 bits per heavy atom. The van der Waals surface area contributed by atoms with Crippen LogP contribution in [0.5, 0.6) is 0 Å². The Morgan fingerprint density at radius 3 is 2.75 bits per heavy atom. The van der Waals surface area contributed by atoms with Crippen LogP contribution in [-0.4, -0.2) is 40.0 Å². The van der Waals surface area contributed by atoms with E-state index < -0.39 is 0 Å². The van der Waals surface area contributed by atoms with Crippen molar-refractivity contribution in [3.8, 4) is 0 Å². The third-order valence-corrected chi connectivity index (χ3v) is 3.35. The van der Waals surface area contributed by atoms with Crippen LogP contribution in [0.15, 0.2) is 0 Å². The Hall–Kier alpha value is -0.120. The third kappa shape index (κ3) is 4.81. The summed E-state index contributed by atoms with van der Waals surface area (Å²) in [6, 6.07) is 0. The molecule has 1 unspecified atom stereocenters. The number of hydrogen-bond donors (Lipinski definition) is 1. The Labute approximate surface area is 99.9 Å². The summed E-state index contributed by atoms with van der Waals surface area (Å²) in [7, 11) is 2.01. The molecule has 3 heteroatoms. The average molecular weight is 229 g/mol. The van der Waals surface area contributed by atoms with Gasteiger partial charge in [0.15, 0.2) is 0 Å². The van der Waals surface area contributed by atoms with Crippen LogP contribution >= 0.6 is 0 Å². The summed E-state index contributed by atoms with van der Waals surface area (Å²) in [4.78, 5) is 0. The molecule has 1 aliphatic heterocycles. The predicted molar refractivity (Wildman–Crippen MR) is 66.7 cm³/mol. The summed E-state index contributed by atoms with van der Waals surface area (Å²) >= 11 is 0. The molecule has 1 atom stereocenters. The minimum atomic E-state index is 0.326. The molecular formula is C13H27NO2. The molecule has 0 aromatic rings. The van der Waals surface area contributed by atoms with Gasteiger partial charge in [-0.1, -0.05) is 13.8 Å². The second kappa shape index (κ2) is 7.25. The summed E-state index contributed by atoms with van der Waals surface area (Å²) in [5.41, 5.74) is 0.326. The van der Waals surface area contributed by atoms with Gasteiger partial charge in [0.05, 0.1) is 6.61 Å². The van der Waals surface area contributed by atoms with E-state index in [-0.39, 0.29) is 0 Å². The minimum Gasteiger partial charge on any atom is -0.381 e. The minimum absolute atomic E-state index is 0.326. The van der Waals surface area contributed by atoms with Gasteiger partial charge in [-0.05, 0) is 32.2 Å². The molecule has 1 aliphatic rings. The SMILES string of the molecule is CNCC1(CCOCCC(C)C)CCOC1. The zero-order valence-corrected chi connectivity index (χ0v) is 11.1. The Bertz CT molecular complexity index is 177. The maximum Gasteiger partial charge on any atom is 0.0536 e. The van der Waals surface area contributed by atoms with E-state index in [1.807, 2.05) is 7.05 Å². The molecule has 0 bridgehead atoms. The van der Waals surface area contributed by atoms with Crippen molar-refractivity contribution in [2.24, 2.45) is 11.3 Å². The molecule has 1 saturated heterocycles. The van der Waals surface area contributed by atoms with Crippen LogP contribution in [-0.2, 0) is 9.47 Å². The maximum atomic E-state index is 5.69. The van der Waals surface area contributed by atoms with Gasteiger partial charge >= 0.3 is 0 Å². The summed E-state index contributed by atoms with van der Waals surface area (Å²) in [5.74, 6) is 0.737. The quantitative estimate of drug-likeness (QED) is 0.646. The molecule has 16 heavy (non-hydrogen) atoms. The Balaban J connectivity index is 2.13. The van der Waals surface area contributed by atoms with E-state index in [0.29, 0.717) is 5.41 Å². The molecule has 96 valence electrons. The van der Waals surface area contributed by atoms with E-state index in [2.05, 4.69) is 19.2 Å². The highest BCUT2D eigenvalue weighted by atomic mass is 16.5. The predicted octanol–water partition coefficient (Wildman–Crippen LogP) is 2.07. The van der Waals surface area contributed by atoms with Gasteiger partial charge in [-0.25, -0.2) is 0 Å². The van der Waals surface area contributed by atoms with E-state index in [0.717, 1.165) is 51.7 Å². The van der Waals surface area contributed by atoms with Gasteiger partial charge < -0.3 is 14.8 Å². The first-order valence-corrected chi connectivity index (χ1v) is 6.49. The van der Waals surface area contributed by atoms with Gasteiger partial charge in [-0.15, -0.1) is 0 Å². The average Bonchev–Trinajstić information content (AvgIpc) is 2.66. The largest absolute Gasteiger partial charge is 0.381 e. The van der Waals surface area contributed by atoms with Crippen molar-refractivity contribution in [1.29, 1.82) is 0 Å². The summed E-state index contributed by atoms with van der Waals surface area (Å²) < 4.78 is 11.2. The van der Waals surface area contributed by atoms with Crippen molar-refractivity contribution in [2.45, 2.75) is 33.1 Å². The van der Waals surface area contributed by atoms with Crippen molar-refractivity contribution in [3.63, 3.8) is 0 Å². The molecule has 1 N–H and O–H groups in total. The normalized spacial score (nSPS) is 25.5. The zero-order chi connectivity index (χ0) is 11.9. The Morgan fingerprint density at radius 1 is 1.38 bits per heavy atom. The van der Waals surface area contributed by atoms with Crippen molar-refractivity contribution < 1.29 is 9.47 Å². The highest BCUT2D eigenvalue weighted by Crippen LogP contribution is 2.31. The van der Waals surface area contributed by atoms with Crippen LogP contribution in [0.1, 0.15) is 33.1 Å². The first-order chi connectivity index (χ1) is 7.68. The smallest absolute Gasteiger partial charge is 0.0536 e. The molecule has 0 aromatic heterocycles. The van der Waals surface area contributed by atoms with Gasteiger partial charge in [0.25, 0.3) is 0 Å². The van der Waals surface area contributed by atoms with Crippen LogP contribution in [0.4, 0.5) is 0 Å². The van der Waals surface area contributed by atoms with E-state index in [1.54, 1.807) is 0 Å². The van der Waals surface area contributed by atoms with E-state index in [9.17, 15) is 0 Å². The van der Waals surface area contributed by atoms with Crippen molar-refractivity contribution in [3.05, 3.63) is 0 Å². The zero-order valence-electron chi connectivity index (χ0n) is 11.1. The fraction of sp³-hybridized carbons (Fsp3) is 1.00. The molecule has 1 fully saturated rings. The van der Waals surface area contributed by atoms with Crippen molar-refractivity contribution in [1.82, 2.24) is 5.32 Å². The molecule has 0 radical (unpaired) electrons. The molecule has 0 amide bonds. The molecular weight excluding hydrogens is 202 g/mol. The molecule has 1 heterocycles. The highest BCUT2D eigenvalue weighted by molar-refractivity contribution is 4.84. The standard InChI is InChI=1S/C13H27NO2/c1-12(2)4-7-15-8-5-13(10-14-3)6-9-16-11-13/h12,14H,4-11H2,1-3H3. The van der Waals surface area contributed by atoms with E-state index in [4.69, 9.17) is 9.47 Å². The maximum absolute atomic E-state index is 5.69. The molecule has 0 aliphatic carbocycles. The lowest BCUT2D eigenvalue weighted by Gasteiger charge is -2.26. The van der Waals surface area contributed by atoms with Gasteiger partial charge in [0.2, 0.25) is 0 Å². The third-order valence-electron chi connectivity index (χ3n) is 3.35. The summed E-state index contributed by atoms with van der Waals surface area (Å²) in [5, 5.41) is 3.27. The number of hydrogen-bond acceptors (Lipinski definition) is 3. The van der Waals surface area contributed by atoms with E-state index >= 15 is 0 Å². The van der Waals surface area contributed by atoms with Gasteiger partial charge in [-0.3, -0.25) is 0 Å². The fourth-order valence-electron chi connectivity index (χ4n) is 2.16. The van der Waals surface area contributed by atoms with Crippen LogP contribution in [0.25, 0.3) is 0 Å². The van der Waals surface area contributed by atoms with Crippen LogP contribution < -0.4 is 5.32 Å². The lowest BCUT2D eigenvalue weighted by Crippen LogP contribution is -2.34. The second-order valence-electron chi connectivity index (χ2n) is 5.38. The van der Waals surface area contributed by atoms with Crippen LogP contribution in [0.2, 0.25) is 0 Å². The molecule has 1 rings (SSSR count). The highest BCUT2D eigenvalue weighted by Gasteiger charge is 2.33. The summed E-state index contributed by atoms with van der Waals surface area (Å²) in [6.07, 6.45) is 3.45. The first-order valence-electron chi connectivity index (χ1n) is 6.49. The lowest BCUT2D eigenvalue weighted by molar-refractivity contribution is 0.0761. The van der Waals surface area contributed by atoms with Gasteiger partial charge in [0, 0.05) is 31.8 Å². The van der Waals surface area contributed by atoms with Gasteiger partial charge in [-0.2, -0.15) is 0 Å². The van der Waals surface area contributed by atoms with Crippen LogP contribution in [0, 0.1) is 11.3 Å². The first kappa shape index (κ1) is 13.9. The number of ether oxygens (including phenoxy) is 2. The lowest BCUT2D eigenvalue weighted by atomic mass is 9.84. The topological polar surface area (TPSA) is 30.5 Å². The number of nitrogens with one attached hydrogen (secondary N) is 1. The second-order valence-corrected chi connectivity index (χ2v) is 5.38. The summed E-state index contributed by atoms with van der Waals surface area (Å²) in [6.45, 7) is 9.08. The molecule has 0 saturated carbocycles.